The van der Waals surface area contributed by atoms with Crippen LogP contribution < -0.4 is 0 Å². The Morgan fingerprint density at radius 1 is 1.24 bits per heavy atom. The van der Waals surface area contributed by atoms with Gasteiger partial charge < -0.3 is 4.90 Å². The van der Waals surface area contributed by atoms with E-state index in [1.807, 2.05) is 32.6 Å². The first-order chi connectivity index (χ1) is 10.1. The fourth-order valence-corrected chi connectivity index (χ4v) is 3.95. The Morgan fingerprint density at radius 2 is 1.90 bits per heavy atom. The molecule has 21 heavy (non-hydrogen) atoms. The number of hydrogen-bond acceptors (Lipinski definition) is 4. The molecule has 0 N–H and O–H groups in total. The summed E-state index contributed by atoms with van der Waals surface area (Å²) in [6, 6.07) is 0. The molecule has 1 fully saturated rings. The minimum atomic E-state index is 0.118. The lowest BCUT2D eigenvalue weighted by Crippen LogP contribution is -2.30. The Morgan fingerprint density at radius 3 is 2.48 bits per heavy atom. The molecule has 2 aromatic heterocycles. The quantitative estimate of drug-likeness (QED) is 0.866. The van der Waals surface area contributed by atoms with E-state index >= 15 is 0 Å². The molecule has 0 saturated heterocycles. The number of rotatable bonds is 4. The van der Waals surface area contributed by atoms with E-state index in [4.69, 9.17) is 4.98 Å². The van der Waals surface area contributed by atoms with E-state index in [9.17, 15) is 4.79 Å². The van der Waals surface area contributed by atoms with Crippen molar-refractivity contribution in [1.82, 2.24) is 14.9 Å². The van der Waals surface area contributed by atoms with Crippen LogP contribution >= 0.6 is 11.3 Å². The first-order valence-electron chi connectivity index (χ1n) is 7.63. The molecule has 2 heterocycles. The predicted molar refractivity (Wildman–Crippen MR) is 86.1 cm³/mol. The highest BCUT2D eigenvalue weighted by Gasteiger charge is 2.29. The molecule has 0 unspecified atom stereocenters. The molecule has 1 aliphatic carbocycles. The molecule has 5 heteroatoms. The summed E-state index contributed by atoms with van der Waals surface area (Å²) in [5, 5.41) is 1.07. The van der Waals surface area contributed by atoms with Gasteiger partial charge in [0.1, 0.15) is 10.7 Å². The Labute approximate surface area is 129 Å². The van der Waals surface area contributed by atoms with Crippen molar-refractivity contribution in [2.45, 2.75) is 46.5 Å². The topological polar surface area (TPSA) is 46.1 Å². The zero-order valence-corrected chi connectivity index (χ0v) is 13.9. The molecule has 3 rings (SSSR count). The lowest BCUT2D eigenvalue weighted by atomic mass is 10.1. The van der Waals surface area contributed by atoms with Crippen LogP contribution in [-0.4, -0.2) is 33.9 Å². The van der Waals surface area contributed by atoms with Crippen molar-refractivity contribution < 1.29 is 4.79 Å². The second-order valence-corrected chi connectivity index (χ2v) is 6.65. The van der Waals surface area contributed by atoms with Crippen LogP contribution in [0.3, 0.4) is 0 Å². The van der Waals surface area contributed by atoms with Crippen molar-refractivity contribution in [2.24, 2.45) is 0 Å². The number of amides is 1. The zero-order chi connectivity index (χ0) is 15.1. The van der Waals surface area contributed by atoms with Crippen LogP contribution in [0.2, 0.25) is 0 Å². The third kappa shape index (κ3) is 2.44. The maximum atomic E-state index is 12.6. The van der Waals surface area contributed by atoms with E-state index in [2.05, 4.69) is 4.98 Å². The van der Waals surface area contributed by atoms with Gasteiger partial charge in [-0.3, -0.25) is 4.79 Å². The lowest BCUT2D eigenvalue weighted by molar-refractivity contribution is 0.0777. The van der Waals surface area contributed by atoms with E-state index in [0.29, 0.717) is 5.92 Å². The molecule has 1 aliphatic rings. The normalized spacial score (nSPS) is 14.7. The molecule has 112 valence electrons. The Kier molecular flexibility index (Phi) is 3.69. The van der Waals surface area contributed by atoms with Gasteiger partial charge in [0.05, 0.1) is 10.6 Å². The molecule has 1 amide bonds. The number of nitrogens with zero attached hydrogens (tertiary/aromatic N) is 3. The number of thiophene rings is 1. The van der Waals surface area contributed by atoms with Gasteiger partial charge >= 0.3 is 0 Å². The van der Waals surface area contributed by atoms with Gasteiger partial charge in [-0.2, -0.15) is 0 Å². The Balaban J connectivity index is 2.10. The van der Waals surface area contributed by atoms with E-state index in [-0.39, 0.29) is 5.91 Å². The van der Waals surface area contributed by atoms with Crippen LogP contribution in [0, 0.1) is 13.8 Å². The fourth-order valence-electron chi connectivity index (χ4n) is 2.74. The first kappa shape index (κ1) is 14.4. The maximum Gasteiger partial charge on any atom is 0.264 e. The predicted octanol–water partition coefficient (Wildman–Crippen LogP) is 3.67. The van der Waals surface area contributed by atoms with Gasteiger partial charge in [-0.25, -0.2) is 9.97 Å². The summed E-state index contributed by atoms with van der Waals surface area (Å²) in [5.41, 5.74) is 2.04. The third-order valence-electron chi connectivity index (χ3n) is 4.18. The van der Waals surface area contributed by atoms with Gasteiger partial charge in [0.2, 0.25) is 0 Å². The zero-order valence-electron chi connectivity index (χ0n) is 13.1. The van der Waals surface area contributed by atoms with Crippen molar-refractivity contribution >= 4 is 27.5 Å². The molecular formula is C16H21N3OS. The minimum absolute atomic E-state index is 0.118. The maximum absolute atomic E-state index is 12.6. The highest BCUT2D eigenvalue weighted by molar-refractivity contribution is 7.20. The van der Waals surface area contributed by atoms with Crippen LogP contribution in [-0.2, 0) is 0 Å². The smallest absolute Gasteiger partial charge is 0.264 e. The average molecular weight is 303 g/mol. The van der Waals surface area contributed by atoms with Crippen LogP contribution in [0.25, 0.3) is 10.2 Å². The first-order valence-corrected chi connectivity index (χ1v) is 8.45. The summed E-state index contributed by atoms with van der Waals surface area (Å²) in [5.74, 6) is 1.62. The number of aryl methyl sites for hydroxylation is 2. The van der Waals surface area contributed by atoms with Gasteiger partial charge in [-0.1, -0.05) is 0 Å². The van der Waals surface area contributed by atoms with E-state index in [1.165, 1.54) is 24.2 Å². The largest absolute Gasteiger partial charge is 0.338 e. The minimum Gasteiger partial charge on any atom is -0.338 e. The van der Waals surface area contributed by atoms with Crippen molar-refractivity contribution in [3.05, 3.63) is 22.0 Å². The van der Waals surface area contributed by atoms with Crippen molar-refractivity contribution in [3.8, 4) is 0 Å². The lowest BCUT2D eigenvalue weighted by Gasteiger charge is -2.17. The van der Waals surface area contributed by atoms with Crippen LogP contribution in [0.5, 0.6) is 0 Å². The van der Waals surface area contributed by atoms with Crippen molar-refractivity contribution in [3.63, 3.8) is 0 Å². The highest BCUT2D eigenvalue weighted by Crippen LogP contribution is 2.40. The van der Waals surface area contributed by atoms with Gasteiger partial charge in [-0.05, 0) is 46.1 Å². The summed E-state index contributed by atoms with van der Waals surface area (Å²) in [7, 11) is 0. The second-order valence-electron chi connectivity index (χ2n) is 5.66. The molecule has 0 aromatic carbocycles. The number of fused-ring (bicyclic) bond motifs is 1. The van der Waals surface area contributed by atoms with Crippen LogP contribution in [0.4, 0.5) is 0 Å². The standard InChI is InChI=1S/C16H21N3OS/c1-5-19(6-2)16(20)13-9(3)12-10(4)17-14(11-7-8-11)18-15(12)21-13/h11H,5-8H2,1-4H3. The van der Waals surface area contributed by atoms with Crippen molar-refractivity contribution in [2.75, 3.05) is 13.1 Å². The molecule has 4 nitrogen and oxygen atoms in total. The van der Waals surface area contributed by atoms with Crippen LogP contribution in [0.1, 0.15) is 59.4 Å². The van der Waals surface area contributed by atoms with Gasteiger partial charge in [0.25, 0.3) is 5.91 Å². The summed E-state index contributed by atoms with van der Waals surface area (Å²) in [4.78, 5) is 25.6. The molecule has 0 radical (unpaired) electrons. The molecular weight excluding hydrogens is 282 g/mol. The summed E-state index contributed by atoms with van der Waals surface area (Å²) in [6.07, 6.45) is 2.39. The highest BCUT2D eigenvalue weighted by atomic mass is 32.1. The SMILES string of the molecule is CCN(CC)C(=O)c1sc2nc(C3CC3)nc(C)c2c1C. The van der Waals surface area contributed by atoms with Gasteiger partial charge in [-0.15, -0.1) is 11.3 Å². The van der Waals surface area contributed by atoms with Gasteiger partial charge in [0, 0.05) is 24.4 Å². The average Bonchev–Trinajstić information content (AvgIpc) is 3.25. The fraction of sp³-hybridized carbons (Fsp3) is 0.562. The number of hydrogen-bond donors (Lipinski definition) is 0. The number of carbonyl (C=O) groups excluding carboxylic acids is 1. The third-order valence-corrected chi connectivity index (χ3v) is 5.35. The molecule has 0 bridgehead atoms. The number of carbonyl (C=O) groups is 1. The molecule has 0 atom stereocenters. The molecule has 2 aromatic rings. The summed E-state index contributed by atoms with van der Waals surface area (Å²) >= 11 is 1.52. The van der Waals surface area contributed by atoms with E-state index in [0.717, 1.165) is 45.3 Å². The van der Waals surface area contributed by atoms with E-state index in [1.54, 1.807) is 0 Å². The van der Waals surface area contributed by atoms with Crippen molar-refractivity contribution in [1.29, 1.82) is 0 Å². The molecule has 0 aliphatic heterocycles. The molecule has 1 saturated carbocycles. The van der Waals surface area contributed by atoms with Crippen LogP contribution in [0.15, 0.2) is 0 Å². The van der Waals surface area contributed by atoms with E-state index < -0.39 is 0 Å². The van der Waals surface area contributed by atoms with Gasteiger partial charge in [0.15, 0.2) is 0 Å². The Bertz CT molecular complexity index is 699. The monoisotopic (exact) mass is 303 g/mol. The Hall–Kier alpha value is -1.49. The summed E-state index contributed by atoms with van der Waals surface area (Å²) < 4.78 is 0. The second kappa shape index (κ2) is 5.37. The number of aromatic nitrogens is 2. The molecule has 0 spiro atoms. The summed E-state index contributed by atoms with van der Waals surface area (Å²) in [6.45, 7) is 9.55.